The molecule has 88 valence electrons. The summed E-state index contributed by atoms with van der Waals surface area (Å²) >= 11 is 3.40. The fraction of sp³-hybridized carbons (Fsp3) is 0.455. The average molecular weight is 289 g/mol. The zero-order valence-electron chi connectivity index (χ0n) is 9.16. The van der Waals surface area contributed by atoms with Gasteiger partial charge in [0.2, 0.25) is 0 Å². The third kappa shape index (κ3) is 2.16. The van der Waals surface area contributed by atoms with Gasteiger partial charge in [-0.2, -0.15) is 0 Å². The molecule has 0 N–H and O–H groups in total. The Morgan fingerprint density at radius 1 is 1.12 bits per heavy atom. The van der Waals surface area contributed by atoms with Crippen molar-refractivity contribution < 1.29 is 18.9 Å². The van der Waals surface area contributed by atoms with Gasteiger partial charge in [0.25, 0.3) is 0 Å². The Hall–Kier alpha value is -0.780. The van der Waals surface area contributed by atoms with Crippen LogP contribution in [0.1, 0.15) is 11.9 Å². The molecule has 0 aromatic heterocycles. The first-order chi connectivity index (χ1) is 7.76. The molecule has 0 amide bonds. The summed E-state index contributed by atoms with van der Waals surface area (Å²) in [6.07, 6.45) is -0.405. The molecule has 1 saturated heterocycles. The van der Waals surface area contributed by atoms with Gasteiger partial charge in [-0.05, 0) is 12.1 Å². The minimum Gasteiger partial charge on any atom is -0.496 e. The van der Waals surface area contributed by atoms with E-state index < -0.39 is 6.29 Å². The van der Waals surface area contributed by atoms with E-state index in [2.05, 4.69) is 15.9 Å². The molecule has 0 spiro atoms. The lowest BCUT2D eigenvalue weighted by Gasteiger charge is -2.17. The standard InChI is InChI=1S/C11H13BrO4/c1-13-8-5-7(12)6-9(14-2)10(8)11-15-3-4-16-11/h5-6,11H,3-4H2,1-2H3. The molecular formula is C11H13BrO4. The van der Waals surface area contributed by atoms with Crippen LogP contribution in [-0.4, -0.2) is 27.4 Å². The van der Waals surface area contributed by atoms with Crippen molar-refractivity contribution in [2.75, 3.05) is 27.4 Å². The summed E-state index contributed by atoms with van der Waals surface area (Å²) in [6, 6.07) is 3.73. The van der Waals surface area contributed by atoms with Crippen molar-refractivity contribution in [2.45, 2.75) is 6.29 Å². The van der Waals surface area contributed by atoms with Gasteiger partial charge in [0.1, 0.15) is 11.5 Å². The molecule has 4 nitrogen and oxygen atoms in total. The molecule has 1 aromatic carbocycles. The maximum absolute atomic E-state index is 5.47. The van der Waals surface area contributed by atoms with Crippen molar-refractivity contribution in [3.05, 3.63) is 22.2 Å². The van der Waals surface area contributed by atoms with E-state index >= 15 is 0 Å². The second kappa shape index (κ2) is 5.03. The number of halogens is 1. The molecule has 0 aliphatic carbocycles. The number of benzene rings is 1. The predicted molar refractivity (Wildman–Crippen MR) is 61.9 cm³/mol. The third-order valence-corrected chi connectivity index (χ3v) is 2.82. The molecule has 0 saturated carbocycles. The minimum absolute atomic E-state index is 0.405. The van der Waals surface area contributed by atoms with Crippen LogP contribution in [0.25, 0.3) is 0 Å². The Morgan fingerprint density at radius 2 is 1.62 bits per heavy atom. The number of hydrogen-bond acceptors (Lipinski definition) is 4. The molecule has 5 heteroatoms. The molecule has 1 fully saturated rings. The zero-order chi connectivity index (χ0) is 11.5. The molecule has 1 heterocycles. The van der Waals surface area contributed by atoms with Crippen molar-refractivity contribution in [1.29, 1.82) is 0 Å². The lowest BCUT2D eigenvalue weighted by molar-refractivity contribution is -0.0468. The summed E-state index contributed by atoms with van der Waals surface area (Å²) in [6.45, 7) is 1.18. The van der Waals surface area contributed by atoms with E-state index in [0.29, 0.717) is 24.7 Å². The molecule has 0 radical (unpaired) electrons. The van der Waals surface area contributed by atoms with Crippen LogP contribution < -0.4 is 9.47 Å². The summed E-state index contributed by atoms with van der Waals surface area (Å²) < 4.78 is 22.4. The molecule has 2 rings (SSSR count). The first kappa shape index (κ1) is 11.7. The molecule has 1 aliphatic rings. The summed E-state index contributed by atoms with van der Waals surface area (Å²) in [5, 5.41) is 0. The number of ether oxygens (including phenoxy) is 4. The fourth-order valence-electron chi connectivity index (χ4n) is 1.66. The highest BCUT2D eigenvalue weighted by atomic mass is 79.9. The first-order valence-electron chi connectivity index (χ1n) is 4.91. The molecule has 1 aromatic rings. The van der Waals surface area contributed by atoms with Gasteiger partial charge in [0, 0.05) is 4.47 Å². The Bertz CT molecular complexity index is 349. The zero-order valence-corrected chi connectivity index (χ0v) is 10.7. The van der Waals surface area contributed by atoms with E-state index in [1.165, 1.54) is 0 Å². The van der Waals surface area contributed by atoms with Crippen molar-refractivity contribution >= 4 is 15.9 Å². The molecule has 16 heavy (non-hydrogen) atoms. The van der Waals surface area contributed by atoms with Crippen molar-refractivity contribution in [2.24, 2.45) is 0 Å². The van der Waals surface area contributed by atoms with Gasteiger partial charge in [0.05, 0.1) is 33.0 Å². The number of rotatable bonds is 3. The van der Waals surface area contributed by atoms with Gasteiger partial charge in [-0.1, -0.05) is 15.9 Å². The van der Waals surface area contributed by atoms with Crippen LogP contribution in [0.15, 0.2) is 16.6 Å². The van der Waals surface area contributed by atoms with E-state index in [4.69, 9.17) is 18.9 Å². The number of hydrogen-bond donors (Lipinski definition) is 0. The monoisotopic (exact) mass is 288 g/mol. The highest BCUT2D eigenvalue weighted by Crippen LogP contribution is 2.40. The third-order valence-electron chi connectivity index (χ3n) is 2.37. The summed E-state index contributed by atoms with van der Waals surface area (Å²) in [7, 11) is 3.22. The molecule has 0 unspecified atom stereocenters. The van der Waals surface area contributed by atoms with E-state index in [0.717, 1.165) is 10.0 Å². The lowest BCUT2D eigenvalue weighted by Crippen LogP contribution is -2.04. The quantitative estimate of drug-likeness (QED) is 0.856. The van der Waals surface area contributed by atoms with Crippen LogP contribution in [0, 0.1) is 0 Å². The molecule has 1 aliphatic heterocycles. The largest absolute Gasteiger partial charge is 0.496 e. The van der Waals surface area contributed by atoms with Gasteiger partial charge >= 0.3 is 0 Å². The van der Waals surface area contributed by atoms with Crippen LogP contribution in [-0.2, 0) is 9.47 Å². The topological polar surface area (TPSA) is 36.9 Å². The van der Waals surface area contributed by atoms with Crippen LogP contribution in [0.2, 0.25) is 0 Å². The van der Waals surface area contributed by atoms with Crippen molar-refractivity contribution in [3.63, 3.8) is 0 Å². The highest BCUT2D eigenvalue weighted by molar-refractivity contribution is 9.10. The van der Waals surface area contributed by atoms with Crippen LogP contribution in [0.4, 0.5) is 0 Å². The minimum atomic E-state index is -0.405. The van der Waals surface area contributed by atoms with Gasteiger partial charge < -0.3 is 18.9 Å². The normalized spacial score (nSPS) is 16.4. The Kier molecular flexibility index (Phi) is 3.68. The van der Waals surface area contributed by atoms with Crippen LogP contribution in [0.3, 0.4) is 0 Å². The fourth-order valence-corrected chi connectivity index (χ4v) is 2.08. The maximum Gasteiger partial charge on any atom is 0.191 e. The summed E-state index contributed by atoms with van der Waals surface area (Å²) in [5.41, 5.74) is 0.797. The Labute approximate surface area is 103 Å². The van der Waals surface area contributed by atoms with E-state index in [1.807, 2.05) is 12.1 Å². The van der Waals surface area contributed by atoms with Gasteiger partial charge in [-0.25, -0.2) is 0 Å². The highest BCUT2D eigenvalue weighted by Gasteiger charge is 2.26. The maximum atomic E-state index is 5.47. The SMILES string of the molecule is COc1cc(Br)cc(OC)c1C1OCCO1. The van der Waals surface area contributed by atoms with Gasteiger partial charge in [-0.3, -0.25) is 0 Å². The van der Waals surface area contributed by atoms with E-state index in [9.17, 15) is 0 Å². The molecule has 0 bridgehead atoms. The predicted octanol–water partition coefficient (Wildman–Crippen LogP) is 2.51. The van der Waals surface area contributed by atoms with Crippen molar-refractivity contribution in [1.82, 2.24) is 0 Å². The van der Waals surface area contributed by atoms with Crippen LogP contribution >= 0.6 is 15.9 Å². The van der Waals surface area contributed by atoms with Crippen LogP contribution in [0.5, 0.6) is 11.5 Å². The lowest BCUT2D eigenvalue weighted by atomic mass is 10.1. The summed E-state index contributed by atoms with van der Waals surface area (Å²) in [4.78, 5) is 0. The molecular weight excluding hydrogens is 276 g/mol. The van der Waals surface area contributed by atoms with E-state index in [1.54, 1.807) is 14.2 Å². The first-order valence-corrected chi connectivity index (χ1v) is 5.70. The average Bonchev–Trinajstić information content (AvgIpc) is 2.80. The Balaban J connectivity index is 2.46. The summed E-state index contributed by atoms with van der Waals surface area (Å²) in [5.74, 6) is 1.39. The second-order valence-electron chi connectivity index (χ2n) is 3.30. The van der Waals surface area contributed by atoms with Gasteiger partial charge in [-0.15, -0.1) is 0 Å². The second-order valence-corrected chi connectivity index (χ2v) is 4.21. The van der Waals surface area contributed by atoms with Crippen molar-refractivity contribution in [3.8, 4) is 11.5 Å². The molecule has 0 atom stereocenters. The smallest absolute Gasteiger partial charge is 0.191 e. The van der Waals surface area contributed by atoms with Gasteiger partial charge in [0.15, 0.2) is 6.29 Å². The number of methoxy groups -OCH3 is 2. The Morgan fingerprint density at radius 3 is 2.06 bits per heavy atom. The van der Waals surface area contributed by atoms with E-state index in [-0.39, 0.29) is 0 Å².